The maximum Gasteiger partial charge on any atom is 0.337 e. The van der Waals surface area contributed by atoms with Crippen LogP contribution in [-0.2, 0) is 4.74 Å². The summed E-state index contributed by atoms with van der Waals surface area (Å²) in [5.41, 5.74) is 7.22. The van der Waals surface area contributed by atoms with Crippen LogP contribution in [0, 0.1) is 0 Å². The number of carbonyl (C=O) groups is 1. The van der Waals surface area contributed by atoms with Gasteiger partial charge in [-0.25, -0.2) is 4.79 Å². The van der Waals surface area contributed by atoms with E-state index in [1.54, 1.807) is 24.3 Å². The molecule has 0 fully saturated rings. The minimum Gasteiger partial charge on any atom is -0.465 e. The van der Waals surface area contributed by atoms with Crippen LogP contribution in [0.1, 0.15) is 41.7 Å². The van der Waals surface area contributed by atoms with E-state index in [2.05, 4.69) is 4.74 Å². The number of halogens is 1. The van der Waals surface area contributed by atoms with Gasteiger partial charge in [-0.05, 0) is 24.1 Å². The number of hydrogen-bond donors (Lipinski definition) is 2. The van der Waals surface area contributed by atoms with Crippen molar-refractivity contribution < 1.29 is 14.6 Å². The Kier molecular flexibility index (Phi) is 7.59. The molecule has 0 bridgehead atoms. The second-order valence-corrected chi connectivity index (χ2v) is 4.00. The topological polar surface area (TPSA) is 72.5 Å². The number of nitrogens with two attached hydrogens (primary N) is 1. The number of esters is 1. The number of benzene rings is 1. The van der Waals surface area contributed by atoms with Gasteiger partial charge in [0, 0.05) is 0 Å². The standard InChI is InChI=1S/C13H19NO3.ClH/c1-3-4-11(15)12(14)9-5-7-10(8-6-9)13(16)17-2;/h5-8,11-12,15H,3-4,14H2,1-2H3;1H/t11-,12+;/m0./s1. The van der Waals surface area contributed by atoms with Crippen molar-refractivity contribution in [1.29, 1.82) is 0 Å². The largest absolute Gasteiger partial charge is 0.465 e. The van der Waals surface area contributed by atoms with Gasteiger partial charge in [0.05, 0.1) is 24.8 Å². The Labute approximate surface area is 114 Å². The van der Waals surface area contributed by atoms with E-state index >= 15 is 0 Å². The third-order valence-electron chi connectivity index (χ3n) is 2.72. The molecule has 0 saturated carbocycles. The summed E-state index contributed by atoms with van der Waals surface area (Å²) < 4.78 is 4.60. The number of ether oxygens (including phenoxy) is 1. The highest BCUT2D eigenvalue weighted by Crippen LogP contribution is 2.18. The zero-order chi connectivity index (χ0) is 12.8. The van der Waals surface area contributed by atoms with E-state index in [-0.39, 0.29) is 18.4 Å². The molecule has 0 unspecified atom stereocenters. The SMILES string of the molecule is CCC[C@H](O)[C@H](N)c1ccc(C(=O)OC)cc1.Cl. The molecule has 1 aromatic carbocycles. The van der Waals surface area contributed by atoms with E-state index in [0.717, 1.165) is 12.0 Å². The molecule has 0 heterocycles. The third-order valence-corrected chi connectivity index (χ3v) is 2.72. The van der Waals surface area contributed by atoms with E-state index in [1.807, 2.05) is 6.92 Å². The lowest BCUT2D eigenvalue weighted by Crippen LogP contribution is -2.25. The summed E-state index contributed by atoms with van der Waals surface area (Å²) in [6, 6.07) is 6.38. The van der Waals surface area contributed by atoms with Gasteiger partial charge in [0.15, 0.2) is 0 Å². The average Bonchev–Trinajstić information content (AvgIpc) is 2.37. The van der Waals surface area contributed by atoms with E-state index in [4.69, 9.17) is 5.73 Å². The lowest BCUT2D eigenvalue weighted by atomic mass is 9.98. The highest BCUT2D eigenvalue weighted by molar-refractivity contribution is 5.89. The molecule has 1 aromatic rings. The molecule has 1 rings (SSSR count). The second kappa shape index (κ2) is 8.08. The van der Waals surface area contributed by atoms with Gasteiger partial charge in [0.25, 0.3) is 0 Å². The zero-order valence-corrected chi connectivity index (χ0v) is 11.4. The predicted molar refractivity (Wildman–Crippen MR) is 72.9 cm³/mol. The quantitative estimate of drug-likeness (QED) is 0.806. The Morgan fingerprint density at radius 3 is 2.39 bits per heavy atom. The van der Waals surface area contributed by atoms with E-state index < -0.39 is 12.1 Å². The van der Waals surface area contributed by atoms with Crippen molar-refractivity contribution in [3.05, 3.63) is 35.4 Å². The molecular weight excluding hydrogens is 254 g/mol. The third kappa shape index (κ3) is 4.29. The van der Waals surface area contributed by atoms with Crippen molar-refractivity contribution in [2.24, 2.45) is 5.73 Å². The Morgan fingerprint density at radius 2 is 1.94 bits per heavy atom. The van der Waals surface area contributed by atoms with Gasteiger partial charge in [0.1, 0.15) is 0 Å². The van der Waals surface area contributed by atoms with E-state index in [0.29, 0.717) is 12.0 Å². The van der Waals surface area contributed by atoms with E-state index in [1.165, 1.54) is 7.11 Å². The van der Waals surface area contributed by atoms with Crippen LogP contribution in [0.15, 0.2) is 24.3 Å². The van der Waals surface area contributed by atoms with Crippen molar-refractivity contribution >= 4 is 18.4 Å². The summed E-state index contributed by atoms with van der Waals surface area (Å²) in [5.74, 6) is -0.376. The first kappa shape index (κ1) is 16.9. The predicted octanol–water partition coefficient (Wildman–Crippen LogP) is 2.06. The molecule has 2 atom stereocenters. The number of aliphatic hydroxyl groups is 1. The summed E-state index contributed by atoms with van der Waals surface area (Å²) in [4.78, 5) is 11.2. The highest BCUT2D eigenvalue weighted by atomic mass is 35.5. The van der Waals surface area contributed by atoms with Crippen LogP contribution in [0.4, 0.5) is 0 Å². The van der Waals surface area contributed by atoms with Gasteiger partial charge in [-0.3, -0.25) is 0 Å². The van der Waals surface area contributed by atoms with Crippen LogP contribution in [0.3, 0.4) is 0 Å². The Morgan fingerprint density at radius 1 is 1.39 bits per heavy atom. The lowest BCUT2D eigenvalue weighted by molar-refractivity contribution is 0.0600. The molecule has 0 amide bonds. The molecule has 0 aliphatic heterocycles. The number of aliphatic hydroxyl groups excluding tert-OH is 1. The molecule has 18 heavy (non-hydrogen) atoms. The van der Waals surface area contributed by atoms with Gasteiger partial charge in [-0.1, -0.05) is 25.5 Å². The molecule has 4 nitrogen and oxygen atoms in total. The van der Waals surface area contributed by atoms with Crippen LogP contribution in [0.25, 0.3) is 0 Å². The summed E-state index contributed by atoms with van der Waals surface area (Å²) in [5, 5.41) is 9.78. The summed E-state index contributed by atoms with van der Waals surface area (Å²) in [6.07, 6.45) is 0.999. The molecule has 0 radical (unpaired) electrons. The van der Waals surface area contributed by atoms with Gasteiger partial charge in [-0.2, -0.15) is 0 Å². The second-order valence-electron chi connectivity index (χ2n) is 4.00. The fourth-order valence-electron chi connectivity index (χ4n) is 1.66. The first-order valence-corrected chi connectivity index (χ1v) is 5.72. The van der Waals surface area contributed by atoms with Crippen molar-refractivity contribution in [2.45, 2.75) is 31.9 Å². The molecule has 5 heteroatoms. The average molecular weight is 274 g/mol. The van der Waals surface area contributed by atoms with Crippen molar-refractivity contribution in [1.82, 2.24) is 0 Å². The zero-order valence-electron chi connectivity index (χ0n) is 10.6. The molecule has 3 N–H and O–H groups in total. The Balaban J connectivity index is 0.00000289. The maximum atomic E-state index is 11.2. The first-order chi connectivity index (χ1) is 8.10. The Bertz CT molecular complexity index is 367. The molecule has 0 spiro atoms. The molecule has 0 aromatic heterocycles. The van der Waals surface area contributed by atoms with Crippen LogP contribution in [-0.4, -0.2) is 24.3 Å². The fraction of sp³-hybridized carbons (Fsp3) is 0.462. The van der Waals surface area contributed by atoms with Gasteiger partial charge < -0.3 is 15.6 Å². The van der Waals surface area contributed by atoms with Gasteiger partial charge >= 0.3 is 5.97 Å². The molecule has 0 aliphatic carbocycles. The van der Waals surface area contributed by atoms with Crippen LogP contribution < -0.4 is 5.73 Å². The van der Waals surface area contributed by atoms with Crippen molar-refractivity contribution in [3.8, 4) is 0 Å². The summed E-state index contributed by atoms with van der Waals surface area (Å²) >= 11 is 0. The van der Waals surface area contributed by atoms with Crippen molar-refractivity contribution in [3.63, 3.8) is 0 Å². The minimum atomic E-state index is -0.552. The van der Waals surface area contributed by atoms with Crippen LogP contribution in [0.5, 0.6) is 0 Å². The number of hydrogen-bond acceptors (Lipinski definition) is 4. The fourth-order valence-corrected chi connectivity index (χ4v) is 1.66. The van der Waals surface area contributed by atoms with E-state index in [9.17, 15) is 9.90 Å². The smallest absolute Gasteiger partial charge is 0.337 e. The summed E-state index contributed by atoms with van der Waals surface area (Å²) in [7, 11) is 1.34. The van der Waals surface area contributed by atoms with Gasteiger partial charge in [0.2, 0.25) is 0 Å². The van der Waals surface area contributed by atoms with Crippen molar-refractivity contribution in [2.75, 3.05) is 7.11 Å². The molecule has 0 aliphatic rings. The lowest BCUT2D eigenvalue weighted by Gasteiger charge is -2.18. The van der Waals surface area contributed by atoms with Gasteiger partial charge in [-0.15, -0.1) is 12.4 Å². The number of carbonyl (C=O) groups excluding carboxylic acids is 1. The number of rotatable bonds is 5. The molecule has 102 valence electrons. The highest BCUT2D eigenvalue weighted by Gasteiger charge is 2.16. The summed E-state index contributed by atoms with van der Waals surface area (Å²) in [6.45, 7) is 2.00. The normalized spacial score (nSPS) is 13.3. The van der Waals surface area contributed by atoms with Crippen LogP contribution >= 0.6 is 12.4 Å². The first-order valence-electron chi connectivity index (χ1n) is 5.72. The van der Waals surface area contributed by atoms with Crippen LogP contribution in [0.2, 0.25) is 0 Å². The monoisotopic (exact) mass is 273 g/mol. The minimum absolute atomic E-state index is 0. The number of methoxy groups -OCH3 is 1. The molecular formula is C13H20ClNO3. The maximum absolute atomic E-state index is 11.2. The molecule has 0 saturated heterocycles. The Hall–Kier alpha value is -1.10.